The van der Waals surface area contributed by atoms with E-state index in [0.29, 0.717) is 43.1 Å². The molecule has 33 heavy (non-hydrogen) atoms. The van der Waals surface area contributed by atoms with E-state index < -0.39 is 0 Å². The fourth-order valence-electron chi connectivity index (χ4n) is 3.84. The van der Waals surface area contributed by atoms with Crippen LogP contribution >= 0.6 is 11.3 Å². The highest BCUT2D eigenvalue weighted by molar-refractivity contribution is 7.16. The van der Waals surface area contributed by atoms with E-state index in [2.05, 4.69) is 25.5 Å². The summed E-state index contributed by atoms with van der Waals surface area (Å²) in [4.78, 5) is 38.9. The summed E-state index contributed by atoms with van der Waals surface area (Å²) in [5.74, 6) is 0.913. The molecule has 3 heterocycles. The number of hydrogen-bond donors (Lipinski definition) is 2. The van der Waals surface area contributed by atoms with Crippen LogP contribution in [0.25, 0.3) is 10.2 Å². The maximum Gasteiger partial charge on any atom is 0.323 e. The summed E-state index contributed by atoms with van der Waals surface area (Å²) < 4.78 is 0. The number of para-hydroxylation sites is 1. The summed E-state index contributed by atoms with van der Waals surface area (Å²) in [6.45, 7) is 2.67. The minimum atomic E-state index is -0.333. The average molecular weight is 459 g/mol. The number of benzene rings is 2. The van der Waals surface area contributed by atoms with E-state index in [-0.39, 0.29) is 11.9 Å². The van der Waals surface area contributed by atoms with E-state index in [0.717, 1.165) is 16.0 Å². The van der Waals surface area contributed by atoms with Gasteiger partial charge in [-0.2, -0.15) is 0 Å². The van der Waals surface area contributed by atoms with Crippen LogP contribution in [0, 0.1) is 0 Å². The molecule has 8 nitrogen and oxygen atoms in total. The summed E-state index contributed by atoms with van der Waals surface area (Å²) in [7, 11) is 0. The molecule has 0 unspecified atom stereocenters. The zero-order chi connectivity index (χ0) is 22.6. The fourth-order valence-corrected chi connectivity index (χ4v) is 4.57. The Balaban J connectivity index is 1.17. The molecule has 1 aliphatic heterocycles. The molecule has 1 saturated heterocycles. The molecule has 0 bridgehead atoms. The van der Waals surface area contributed by atoms with Gasteiger partial charge in [0.1, 0.15) is 17.0 Å². The molecule has 0 saturated carbocycles. The number of nitrogens with zero attached hydrogens (tertiary/aromatic N) is 4. The van der Waals surface area contributed by atoms with Crippen LogP contribution in [0.15, 0.2) is 72.4 Å². The first-order valence-electron chi connectivity index (χ1n) is 10.6. The second kappa shape index (κ2) is 9.25. The van der Waals surface area contributed by atoms with E-state index in [1.54, 1.807) is 41.9 Å². The predicted octanol–water partition coefficient (Wildman–Crippen LogP) is 4.30. The van der Waals surface area contributed by atoms with Crippen molar-refractivity contribution in [1.82, 2.24) is 14.9 Å². The van der Waals surface area contributed by atoms with Crippen molar-refractivity contribution >= 4 is 50.7 Å². The SMILES string of the molecule is O=C(Nc1ccccc1)Nc1ccc(C(=O)N2CCN(c3ncnc4sccc34)CC2)cc1. The molecule has 2 aromatic carbocycles. The molecule has 2 aromatic heterocycles. The van der Waals surface area contributed by atoms with Crippen LogP contribution in [0.5, 0.6) is 0 Å². The second-order valence-electron chi connectivity index (χ2n) is 7.64. The molecule has 1 aliphatic rings. The molecule has 4 aromatic rings. The highest BCUT2D eigenvalue weighted by atomic mass is 32.1. The van der Waals surface area contributed by atoms with Gasteiger partial charge in [-0.25, -0.2) is 14.8 Å². The van der Waals surface area contributed by atoms with Gasteiger partial charge in [-0.15, -0.1) is 11.3 Å². The third-order valence-corrected chi connectivity index (χ3v) is 6.35. The number of nitrogens with one attached hydrogen (secondary N) is 2. The molecule has 0 spiro atoms. The third-order valence-electron chi connectivity index (χ3n) is 5.53. The summed E-state index contributed by atoms with van der Waals surface area (Å²) in [5.41, 5.74) is 1.93. The zero-order valence-electron chi connectivity index (χ0n) is 17.8. The Morgan fingerprint density at radius 2 is 1.52 bits per heavy atom. The molecule has 5 rings (SSSR count). The molecule has 9 heteroatoms. The lowest BCUT2D eigenvalue weighted by Gasteiger charge is -2.35. The quantitative estimate of drug-likeness (QED) is 0.476. The van der Waals surface area contributed by atoms with Crippen LogP contribution in [-0.4, -0.2) is 53.0 Å². The molecule has 0 aliphatic carbocycles. The Kier molecular flexibility index (Phi) is 5.86. The first-order valence-corrected chi connectivity index (χ1v) is 11.5. The van der Waals surface area contributed by atoms with Gasteiger partial charge in [-0.05, 0) is 47.8 Å². The van der Waals surface area contributed by atoms with Gasteiger partial charge in [0, 0.05) is 43.1 Å². The molecule has 2 N–H and O–H groups in total. The van der Waals surface area contributed by atoms with Gasteiger partial charge in [0.15, 0.2) is 0 Å². The van der Waals surface area contributed by atoms with Crippen LogP contribution in [0.4, 0.5) is 22.0 Å². The van der Waals surface area contributed by atoms with Crippen molar-refractivity contribution in [3.63, 3.8) is 0 Å². The Morgan fingerprint density at radius 3 is 2.24 bits per heavy atom. The van der Waals surface area contributed by atoms with Crippen molar-refractivity contribution < 1.29 is 9.59 Å². The Labute approximate surface area is 194 Å². The highest BCUT2D eigenvalue weighted by Crippen LogP contribution is 2.27. The van der Waals surface area contributed by atoms with E-state index in [1.165, 1.54) is 0 Å². The van der Waals surface area contributed by atoms with E-state index >= 15 is 0 Å². The Hall–Kier alpha value is -3.98. The van der Waals surface area contributed by atoms with Crippen molar-refractivity contribution in [2.45, 2.75) is 0 Å². The van der Waals surface area contributed by atoms with Crippen molar-refractivity contribution in [2.75, 3.05) is 41.7 Å². The first kappa shape index (κ1) is 20.9. The van der Waals surface area contributed by atoms with Gasteiger partial charge in [0.05, 0.1) is 5.39 Å². The number of hydrogen-bond acceptors (Lipinski definition) is 6. The van der Waals surface area contributed by atoms with Gasteiger partial charge in [0.25, 0.3) is 5.91 Å². The lowest BCUT2D eigenvalue weighted by atomic mass is 10.1. The number of thiophene rings is 1. The van der Waals surface area contributed by atoms with Crippen LogP contribution in [0.2, 0.25) is 0 Å². The zero-order valence-corrected chi connectivity index (χ0v) is 18.6. The summed E-state index contributed by atoms with van der Waals surface area (Å²) in [5, 5.41) is 8.63. The van der Waals surface area contributed by atoms with Crippen molar-refractivity contribution in [3.05, 3.63) is 77.9 Å². The Morgan fingerprint density at radius 1 is 0.818 bits per heavy atom. The van der Waals surface area contributed by atoms with Crippen LogP contribution in [0.1, 0.15) is 10.4 Å². The second-order valence-corrected chi connectivity index (χ2v) is 8.53. The number of carbonyl (C=O) groups excluding carboxylic acids is 2. The van der Waals surface area contributed by atoms with Crippen molar-refractivity contribution in [2.24, 2.45) is 0 Å². The smallest absolute Gasteiger partial charge is 0.323 e. The van der Waals surface area contributed by atoms with Gasteiger partial charge >= 0.3 is 6.03 Å². The number of carbonyl (C=O) groups is 2. The average Bonchev–Trinajstić information content (AvgIpc) is 3.34. The number of amides is 3. The molecular formula is C24H22N6O2S. The lowest BCUT2D eigenvalue weighted by Crippen LogP contribution is -2.49. The third kappa shape index (κ3) is 4.63. The molecule has 166 valence electrons. The molecule has 0 atom stereocenters. The molecule has 3 amide bonds. The van der Waals surface area contributed by atoms with Crippen molar-refractivity contribution in [3.8, 4) is 0 Å². The fraction of sp³-hybridized carbons (Fsp3) is 0.167. The number of piperazine rings is 1. The normalized spacial score (nSPS) is 13.7. The molecule has 1 fully saturated rings. The minimum absolute atomic E-state index is 0.0155. The van der Waals surface area contributed by atoms with E-state index in [1.807, 2.05) is 46.7 Å². The van der Waals surface area contributed by atoms with E-state index in [4.69, 9.17) is 0 Å². The maximum absolute atomic E-state index is 13.0. The number of aromatic nitrogens is 2. The summed E-state index contributed by atoms with van der Waals surface area (Å²) in [6, 6.07) is 17.9. The first-order chi connectivity index (χ1) is 16.2. The standard InChI is InChI=1S/C24H22N6O2S/c31-23(17-6-8-19(9-7-17)28-24(32)27-18-4-2-1-3-5-18)30-13-11-29(12-14-30)21-20-10-15-33-22(20)26-16-25-21/h1-10,15-16H,11-14H2,(H2,27,28,32). The maximum atomic E-state index is 13.0. The van der Waals surface area contributed by atoms with Gasteiger partial charge in [-0.1, -0.05) is 18.2 Å². The highest BCUT2D eigenvalue weighted by Gasteiger charge is 2.24. The number of anilines is 3. The van der Waals surface area contributed by atoms with Crippen molar-refractivity contribution in [1.29, 1.82) is 0 Å². The lowest BCUT2D eigenvalue weighted by molar-refractivity contribution is 0.0746. The van der Waals surface area contributed by atoms with E-state index in [9.17, 15) is 9.59 Å². The van der Waals surface area contributed by atoms with Gasteiger partial charge < -0.3 is 20.4 Å². The van der Waals surface area contributed by atoms with Gasteiger partial charge in [0.2, 0.25) is 0 Å². The molecular weight excluding hydrogens is 436 g/mol. The summed E-state index contributed by atoms with van der Waals surface area (Å²) in [6.07, 6.45) is 1.60. The van der Waals surface area contributed by atoms with Crippen LogP contribution in [0.3, 0.4) is 0 Å². The van der Waals surface area contributed by atoms with Crippen LogP contribution < -0.4 is 15.5 Å². The molecule has 0 radical (unpaired) electrons. The van der Waals surface area contributed by atoms with Gasteiger partial charge in [-0.3, -0.25) is 4.79 Å². The predicted molar refractivity (Wildman–Crippen MR) is 131 cm³/mol. The number of rotatable bonds is 4. The topological polar surface area (TPSA) is 90.5 Å². The summed E-state index contributed by atoms with van der Waals surface area (Å²) >= 11 is 1.60. The minimum Gasteiger partial charge on any atom is -0.352 e. The largest absolute Gasteiger partial charge is 0.352 e. The number of fused-ring (bicyclic) bond motifs is 1. The van der Waals surface area contributed by atoms with Crippen LogP contribution in [-0.2, 0) is 0 Å². The monoisotopic (exact) mass is 458 g/mol. The Bertz CT molecular complexity index is 1270. The number of urea groups is 1.